The first-order valence-corrected chi connectivity index (χ1v) is 1.52. The van der Waals surface area contributed by atoms with Crippen LogP contribution >= 0.6 is 0 Å². The van der Waals surface area contributed by atoms with Gasteiger partial charge in [-0.15, -0.1) is 0 Å². The van der Waals surface area contributed by atoms with Gasteiger partial charge in [0.1, 0.15) is 0 Å². The largest absolute Gasteiger partial charge is 0.453 e. The molecule has 9 heavy (non-hydrogen) atoms. The van der Waals surface area contributed by atoms with E-state index in [-0.39, 0.29) is 72.3 Å². The summed E-state index contributed by atoms with van der Waals surface area (Å²) in [7, 11) is 0. The quantitative estimate of drug-likeness (QED) is 0.553. The molecule has 0 atom stereocenters. The monoisotopic (exact) mass is 405 g/mol. The van der Waals surface area contributed by atoms with E-state index in [4.69, 9.17) is 0 Å². The number of nitrogens with zero attached hydrogens (tertiary/aromatic N) is 3. The normalized spacial score (nSPS) is 5.78. The van der Waals surface area contributed by atoms with Crippen LogP contribution in [-0.4, -0.2) is 10.3 Å². The molecule has 0 aliphatic rings. The molecule has 1 aromatic heterocycles. The second-order valence-electron chi connectivity index (χ2n) is 0.925. The Labute approximate surface area is 105 Å². The van der Waals surface area contributed by atoms with Gasteiger partial charge in [0.25, 0.3) is 0 Å². The van der Waals surface area contributed by atoms with Crippen LogP contribution in [0.5, 0.6) is 0 Å². The Morgan fingerprint density at radius 3 is 2.22 bits per heavy atom. The summed E-state index contributed by atoms with van der Waals surface area (Å²) in [5, 5.41) is 10.1. The van der Waals surface area contributed by atoms with Crippen molar-refractivity contribution < 1.29 is 72.3 Å². The average Bonchev–Trinajstić information content (AvgIpc) is 1.86. The maximum Gasteiger partial charge on any atom is 0 e. The van der Waals surface area contributed by atoms with Crippen molar-refractivity contribution in [3.63, 3.8) is 0 Å². The van der Waals surface area contributed by atoms with Gasteiger partial charge in [0.05, 0.1) is 0 Å². The predicted octanol–water partition coefficient (Wildman–Crippen LogP) is -0.392. The standard InChI is InChI=1S/C3H3N3.V.W.Y/c1-3-2-4-6-5-3;;;/h2H,1H2;;;/q-2;;;. The first kappa shape index (κ1) is 16.8. The van der Waals surface area contributed by atoms with Gasteiger partial charge in [-0.1, -0.05) is 0 Å². The summed E-state index contributed by atoms with van der Waals surface area (Å²) in [5.74, 6) is 0. The first-order chi connectivity index (χ1) is 2.89. The molecule has 0 aromatic carbocycles. The van der Waals surface area contributed by atoms with Gasteiger partial charge in [-0.3, -0.25) is 5.21 Å². The molecule has 0 saturated heterocycles. The van der Waals surface area contributed by atoms with Crippen molar-refractivity contribution in [2.75, 3.05) is 0 Å². The molecule has 0 saturated carbocycles. The van der Waals surface area contributed by atoms with Gasteiger partial charge in [0.2, 0.25) is 0 Å². The Balaban J connectivity index is -0.000000120. The zero-order valence-corrected chi connectivity index (χ0v) is 11.7. The minimum atomic E-state index is 0. The molecule has 1 aromatic rings. The van der Waals surface area contributed by atoms with E-state index < -0.39 is 0 Å². The zero-order chi connectivity index (χ0) is 4.41. The minimum absolute atomic E-state index is 0. The van der Waals surface area contributed by atoms with Crippen LogP contribution in [0.1, 0.15) is 5.69 Å². The molecule has 1 heterocycles. The molecule has 1 rings (SSSR count). The molecule has 0 amide bonds. The van der Waals surface area contributed by atoms with Gasteiger partial charge in [-0.2, -0.15) is 5.69 Å². The Kier molecular flexibility index (Phi) is 17.5. The molecule has 6 heteroatoms. The number of aromatic nitrogens is 3. The maximum atomic E-state index is 3.44. The summed E-state index contributed by atoms with van der Waals surface area (Å²) in [6, 6.07) is 0. The van der Waals surface area contributed by atoms with Gasteiger partial charge in [-0.25, -0.2) is 13.1 Å². The fourth-order valence-corrected chi connectivity index (χ4v) is 0.202. The molecule has 0 N–H and O–H groups in total. The van der Waals surface area contributed by atoms with Gasteiger partial charge >= 0.3 is 0 Å². The van der Waals surface area contributed by atoms with Crippen molar-refractivity contribution in [1.29, 1.82) is 0 Å². The van der Waals surface area contributed by atoms with E-state index in [0.717, 1.165) is 0 Å². The zero-order valence-electron chi connectivity index (χ0n) is 4.56. The Morgan fingerprint density at radius 1 is 1.56 bits per heavy atom. The van der Waals surface area contributed by atoms with Crippen LogP contribution in [0.4, 0.5) is 0 Å². The van der Waals surface area contributed by atoms with E-state index in [1.807, 2.05) is 0 Å². The summed E-state index contributed by atoms with van der Waals surface area (Å²) in [4.78, 5) is 0. The van der Waals surface area contributed by atoms with Crippen LogP contribution in [0.15, 0.2) is 6.20 Å². The molecule has 0 aliphatic carbocycles. The summed E-state index contributed by atoms with van der Waals surface area (Å²) >= 11 is 0. The molecule has 0 bridgehead atoms. The van der Waals surface area contributed by atoms with Gasteiger partial charge in [-0.05, 0) is 0 Å². The van der Waals surface area contributed by atoms with E-state index in [1.54, 1.807) is 0 Å². The SMILES string of the molecule is [CH2-]c1c[n-]nn1.[V].[W].[Y]. The van der Waals surface area contributed by atoms with Crippen molar-refractivity contribution in [1.82, 2.24) is 15.4 Å². The molecule has 46 valence electrons. The molecular weight excluding hydrogens is 402 g/mol. The van der Waals surface area contributed by atoms with Crippen LogP contribution < -0.4 is 5.10 Å². The van der Waals surface area contributed by atoms with E-state index in [2.05, 4.69) is 22.3 Å². The van der Waals surface area contributed by atoms with E-state index >= 15 is 0 Å². The summed E-state index contributed by atoms with van der Waals surface area (Å²) < 4.78 is 0. The topological polar surface area (TPSA) is 39.9 Å². The van der Waals surface area contributed by atoms with Crippen molar-refractivity contribution in [2.45, 2.75) is 0 Å². The van der Waals surface area contributed by atoms with Crippen LogP contribution in [0.3, 0.4) is 0 Å². The van der Waals surface area contributed by atoms with Crippen molar-refractivity contribution in [3.05, 3.63) is 18.8 Å². The smallest absolute Gasteiger partial charge is 0 e. The third kappa shape index (κ3) is 7.28. The molecular formula is C3H3N3VWY-2. The van der Waals surface area contributed by atoms with Crippen LogP contribution in [0, 0.1) is 6.92 Å². The Morgan fingerprint density at radius 2 is 2.11 bits per heavy atom. The number of rotatable bonds is 0. The van der Waals surface area contributed by atoms with Crippen LogP contribution in [0.2, 0.25) is 0 Å². The van der Waals surface area contributed by atoms with E-state index in [0.29, 0.717) is 5.69 Å². The van der Waals surface area contributed by atoms with Crippen LogP contribution in [-0.2, 0) is 72.3 Å². The van der Waals surface area contributed by atoms with Gasteiger partial charge in [0, 0.05) is 72.3 Å². The molecule has 0 spiro atoms. The Hall–Kier alpha value is 1.39. The van der Waals surface area contributed by atoms with Crippen molar-refractivity contribution in [2.24, 2.45) is 0 Å². The predicted molar refractivity (Wildman–Crippen MR) is 19.8 cm³/mol. The average molecular weight is 405 g/mol. The fourth-order valence-electron chi connectivity index (χ4n) is 0.202. The Bertz CT molecular complexity index is 123. The maximum absolute atomic E-state index is 3.44. The number of hydrogen-bond donors (Lipinski definition) is 0. The molecule has 0 aliphatic heterocycles. The third-order valence-corrected chi connectivity index (χ3v) is 0.432. The van der Waals surface area contributed by atoms with Crippen LogP contribution in [0.25, 0.3) is 0 Å². The first-order valence-electron chi connectivity index (χ1n) is 1.52. The van der Waals surface area contributed by atoms with E-state index in [1.165, 1.54) is 6.20 Å². The second-order valence-corrected chi connectivity index (χ2v) is 0.925. The van der Waals surface area contributed by atoms with E-state index in [9.17, 15) is 0 Å². The van der Waals surface area contributed by atoms with Crippen molar-refractivity contribution >= 4 is 0 Å². The molecule has 0 unspecified atom stereocenters. The van der Waals surface area contributed by atoms with Crippen molar-refractivity contribution in [3.8, 4) is 0 Å². The third-order valence-electron chi connectivity index (χ3n) is 0.432. The number of hydrogen-bond acceptors (Lipinski definition) is 2. The fraction of sp³-hybridized carbons (Fsp3) is 0. The summed E-state index contributed by atoms with van der Waals surface area (Å²) in [5.41, 5.74) is 0.620. The molecule has 3 nitrogen and oxygen atoms in total. The minimum Gasteiger partial charge on any atom is -0.453 e. The van der Waals surface area contributed by atoms with Gasteiger partial charge in [0.15, 0.2) is 0 Å². The van der Waals surface area contributed by atoms with Gasteiger partial charge < -0.3 is 10.2 Å². The molecule has 0 fully saturated rings. The summed E-state index contributed by atoms with van der Waals surface area (Å²) in [6.45, 7) is 3.44. The summed E-state index contributed by atoms with van der Waals surface area (Å²) in [6.07, 6.45) is 1.50. The molecule has 2 radical (unpaired) electrons. The second kappa shape index (κ2) is 9.39.